The summed E-state index contributed by atoms with van der Waals surface area (Å²) in [7, 11) is -0.0192. The second kappa shape index (κ2) is 9.36. The van der Waals surface area contributed by atoms with Crippen molar-refractivity contribution in [2.45, 2.75) is 18.4 Å². The lowest BCUT2D eigenvalue weighted by Crippen LogP contribution is -2.16. The van der Waals surface area contributed by atoms with Gasteiger partial charge in [-0.2, -0.15) is 5.10 Å². The van der Waals surface area contributed by atoms with Crippen LogP contribution in [0.1, 0.15) is 18.1 Å². The Balaban J connectivity index is 1.79. The van der Waals surface area contributed by atoms with Crippen LogP contribution in [-0.4, -0.2) is 44.7 Å². The third-order valence-corrected chi connectivity index (χ3v) is 6.37. The maximum Gasteiger partial charge on any atom is 0.270 e. The van der Waals surface area contributed by atoms with Gasteiger partial charge in [-0.25, -0.2) is 8.42 Å². The van der Waals surface area contributed by atoms with E-state index in [4.69, 9.17) is 18.7 Å². The molecule has 0 aliphatic heterocycles. The molecule has 0 atom stereocenters. The highest BCUT2D eigenvalue weighted by atomic mass is 32.2. The van der Waals surface area contributed by atoms with Gasteiger partial charge in [-0.1, -0.05) is 11.1 Å². The fourth-order valence-electron chi connectivity index (χ4n) is 3.57. The average Bonchev–Trinajstić information content (AvgIpc) is 3.48. The molecule has 0 saturated heterocycles. The fraction of sp³-hybridized carbons (Fsp3) is 0.217. The average molecular weight is 483 g/mol. The predicted octanol–water partition coefficient (Wildman–Crippen LogP) is 3.27. The van der Waals surface area contributed by atoms with E-state index in [1.54, 1.807) is 36.0 Å². The highest BCUT2D eigenvalue weighted by Gasteiger charge is 2.29. The molecule has 0 fully saturated rings. The molecule has 0 radical (unpaired) electrons. The molecule has 0 unspecified atom stereocenters. The van der Waals surface area contributed by atoms with Crippen molar-refractivity contribution in [1.29, 1.82) is 0 Å². The maximum absolute atomic E-state index is 13.5. The van der Waals surface area contributed by atoms with Crippen LogP contribution in [0, 0.1) is 11.8 Å². The molecule has 0 amide bonds. The molecule has 2 aromatic carbocycles. The quantitative estimate of drug-likeness (QED) is 0.380. The van der Waals surface area contributed by atoms with Crippen LogP contribution in [0.5, 0.6) is 17.2 Å². The molecule has 0 spiro atoms. The molecule has 1 N–H and O–H groups in total. The summed E-state index contributed by atoms with van der Waals surface area (Å²) in [5.41, 5.74) is 1.59. The first-order valence-electron chi connectivity index (χ1n) is 10.1. The van der Waals surface area contributed by atoms with Gasteiger partial charge in [0.1, 0.15) is 16.9 Å². The van der Waals surface area contributed by atoms with Crippen LogP contribution in [0.2, 0.25) is 0 Å². The number of anilines is 1. The maximum atomic E-state index is 13.5. The number of hydrogen-bond acceptors (Lipinski definition) is 8. The largest absolute Gasteiger partial charge is 0.496 e. The predicted molar refractivity (Wildman–Crippen MR) is 125 cm³/mol. The molecule has 4 aromatic rings. The normalized spacial score (nSPS) is 11.1. The smallest absolute Gasteiger partial charge is 0.270 e. The summed E-state index contributed by atoms with van der Waals surface area (Å²) >= 11 is 0. The van der Waals surface area contributed by atoms with Crippen molar-refractivity contribution in [3.63, 3.8) is 0 Å². The lowest BCUT2D eigenvalue weighted by Gasteiger charge is -2.15. The number of ether oxygens (including phenoxy) is 3. The molecule has 2 heterocycles. The van der Waals surface area contributed by atoms with Crippen molar-refractivity contribution in [3.8, 4) is 29.1 Å². The Kier molecular flexibility index (Phi) is 6.34. The minimum atomic E-state index is -4.24. The number of hydrogen-bond donors (Lipinski definition) is 1. The van der Waals surface area contributed by atoms with E-state index in [0.717, 1.165) is 5.56 Å². The Hall–Kier alpha value is -4.17. The number of fused-ring (bicyclic) bond motifs is 1. The molecule has 4 rings (SSSR count). The monoisotopic (exact) mass is 482 g/mol. The number of methoxy groups -OCH3 is 3. The van der Waals surface area contributed by atoms with Crippen LogP contribution >= 0.6 is 0 Å². The number of sulfonamides is 1. The Morgan fingerprint density at radius 3 is 2.56 bits per heavy atom. The first kappa shape index (κ1) is 23.0. The van der Waals surface area contributed by atoms with Gasteiger partial charge in [0, 0.05) is 12.4 Å². The number of benzene rings is 2. The molecule has 0 saturated carbocycles. The second-order valence-electron chi connectivity index (χ2n) is 7.06. The number of rotatable bonds is 8. The standard InChI is InChI=1S/C23H22N4O6S/c1-5-7-16-8-9-17(30-2)22(21(16)32-4)34(28,29)26-23-20-18(31-3)12-15(13-19(20)33-25-23)14-27-11-6-10-24-27/h6,8-13H,14H2,1-4H3,(H,25,26). The highest BCUT2D eigenvalue weighted by Crippen LogP contribution is 2.39. The minimum absolute atomic E-state index is 0.0337. The molecule has 10 nitrogen and oxygen atoms in total. The Labute approximate surface area is 196 Å². The number of aromatic nitrogens is 3. The SMILES string of the molecule is CC#Cc1ccc(OC)c(S(=O)(=O)Nc2noc3cc(Cn4cccn4)cc(OC)c23)c1OC. The van der Waals surface area contributed by atoms with E-state index in [9.17, 15) is 8.42 Å². The van der Waals surface area contributed by atoms with Gasteiger partial charge in [-0.15, -0.1) is 5.92 Å². The Bertz CT molecular complexity index is 1500. The van der Waals surface area contributed by atoms with Gasteiger partial charge in [-0.05, 0) is 42.8 Å². The van der Waals surface area contributed by atoms with E-state index < -0.39 is 10.0 Å². The Morgan fingerprint density at radius 1 is 1.12 bits per heavy atom. The number of nitrogens with zero attached hydrogens (tertiary/aromatic N) is 3. The lowest BCUT2D eigenvalue weighted by atomic mass is 10.1. The molecule has 34 heavy (non-hydrogen) atoms. The van der Waals surface area contributed by atoms with Crippen molar-refractivity contribution < 1.29 is 27.2 Å². The van der Waals surface area contributed by atoms with Gasteiger partial charge in [0.2, 0.25) is 0 Å². The zero-order chi connectivity index (χ0) is 24.3. The first-order chi connectivity index (χ1) is 16.4. The van der Waals surface area contributed by atoms with Crippen LogP contribution in [0.4, 0.5) is 5.82 Å². The lowest BCUT2D eigenvalue weighted by molar-refractivity contribution is 0.373. The topological polar surface area (TPSA) is 118 Å². The van der Waals surface area contributed by atoms with Crippen LogP contribution in [0.3, 0.4) is 0 Å². The van der Waals surface area contributed by atoms with Crippen molar-refractivity contribution in [1.82, 2.24) is 14.9 Å². The summed E-state index contributed by atoms with van der Waals surface area (Å²) in [4.78, 5) is -0.205. The summed E-state index contributed by atoms with van der Waals surface area (Å²) < 4.78 is 52.8. The summed E-state index contributed by atoms with van der Waals surface area (Å²) in [6.45, 7) is 2.12. The molecule has 11 heteroatoms. The van der Waals surface area contributed by atoms with E-state index in [-0.39, 0.29) is 22.2 Å². The summed E-state index contributed by atoms with van der Waals surface area (Å²) in [5, 5.41) is 8.51. The van der Waals surface area contributed by atoms with Crippen LogP contribution < -0.4 is 18.9 Å². The molecule has 0 aliphatic carbocycles. The van der Waals surface area contributed by atoms with Gasteiger partial charge in [0.05, 0.1) is 33.4 Å². The van der Waals surface area contributed by atoms with Crippen LogP contribution in [-0.2, 0) is 16.6 Å². The molecule has 2 aromatic heterocycles. The highest BCUT2D eigenvalue weighted by molar-refractivity contribution is 7.93. The number of nitrogens with one attached hydrogen (secondary N) is 1. The molecule has 0 aliphatic rings. The minimum Gasteiger partial charge on any atom is -0.496 e. The van der Waals surface area contributed by atoms with E-state index in [2.05, 4.69) is 26.8 Å². The van der Waals surface area contributed by atoms with E-state index in [1.807, 2.05) is 12.3 Å². The van der Waals surface area contributed by atoms with Crippen molar-refractivity contribution in [2.75, 3.05) is 26.1 Å². The van der Waals surface area contributed by atoms with Crippen LogP contribution in [0.15, 0.2) is 52.1 Å². The van der Waals surface area contributed by atoms with Gasteiger partial charge in [0.25, 0.3) is 10.0 Å². The molecule has 0 bridgehead atoms. The third-order valence-electron chi connectivity index (χ3n) is 4.98. The van der Waals surface area contributed by atoms with Gasteiger partial charge in [-0.3, -0.25) is 9.40 Å². The second-order valence-corrected chi connectivity index (χ2v) is 8.68. The zero-order valence-corrected chi connectivity index (χ0v) is 19.8. The summed E-state index contributed by atoms with van der Waals surface area (Å²) in [6.07, 6.45) is 3.51. The van der Waals surface area contributed by atoms with Crippen molar-refractivity contribution >= 4 is 26.8 Å². The van der Waals surface area contributed by atoms with Gasteiger partial charge < -0.3 is 18.7 Å². The van der Waals surface area contributed by atoms with Crippen molar-refractivity contribution in [3.05, 3.63) is 53.9 Å². The summed E-state index contributed by atoms with van der Waals surface area (Å²) in [5.74, 6) is 6.09. The van der Waals surface area contributed by atoms with Gasteiger partial charge in [0.15, 0.2) is 22.0 Å². The fourth-order valence-corrected chi connectivity index (χ4v) is 4.92. The Morgan fingerprint density at radius 2 is 1.91 bits per heavy atom. The van der Waals surface area contributed by atoms with Crippen molar-refractivity contribution in [2.24, 2.45) is 0 Å². The third kappa shape index (κ3) is 4.23. The van der Waals surface area contributed by atoms with E-state index in [1.165, 1.54) is 27.4 Å². The van der Waals surface area contributed by atoms with E-state index >= 15 is 0 Å². The summed E-state index contributed by atoms with van der Waals surface area (Å²) in [6, 6.07) is 8.49. The molecular weight excluding hydrogens is 460 g/mol. The molecular formula is C23H22N4O6S. The van der Waals surface area contributed by atoms with Crippen LogP contribution in [0.25, 0.3) is 11.0 Å². The van der Waals surface area contributed by atoms with Gasteiger partial charge >= 0.3 is 0 Å². The first-order valence-corrected chi connectivity index (χ1v) is 11.5. The molecule has 176 valence electrons. The zero-order valence-electron chi connectivity index (χ0n) is 18.9. The van der Waals surface area contributed by atoms with E-state index in [0.29, 0.717) is 28.8 Å².